The van der Waals surface area contributed by atoms with Gasteiger partial charge in [0.25, 0.3) is 0 Å². The average Bonchev–Trinajstić information content (AvgIpc) is 3.37. The van der Waals surface area contributed by atoms with Crippen molar-refractivity contribution in [2.75, 3.05) is 13.1 Å². The Balaban J connectivity index is 1.47. The van der Waals surface area contributed by atoms with E-state index in [1.165, 1.54) is 11.3 Å². The molecule has 1 aromatic rings. The summed E-state index contributed by atoms with van der Waals surface area (Å²) in [5.41, 5.74) is -0.138. The molecule has 2 N–H and O–H groups in total. The third-order valence-corrected chi connectivity index (χ3v) is 7.02. The maximum Gasteiger partial charge on any atom is 0.248 e. The minimum atomic E-state index is -0.676. The van der Waals surface area contributed by atoms with Crippen molar-refractivity contribution in [3.8, 4) is 0 Å². The molecule has 3 fully saturated rings. The lowest BCUT2D eigenvalue weighted by Gasteiger charge is -2.29. The van der Waals surface area contributed by atoms with Crippen molar-refractivity contribution in [1.82, 2.24) is 20.4 Å². The predicted octanol–water partition coefficient (Wildman–Crippen LogP) is 0.912. The first-order valence-corrected chi connectivity index (χ1v) is 11.7. The summed E-state index contributed by atoms with van der Waals surface area (Å²) in [6, 6.07) is 1.92. The molecule has 0 unspecified atom stereocenters. The van der Waals surface area contributed by atoms with E-state index in [9.17, 15) is 19.2 Å². The number of carbonyl (C=O) groups excluding carboxylic acids is 4. The van der Waals surface area contributed by atoms with Gasteiger partial charge in [-0.15, -0.1) is 11.3 Å². The molecule has 0 bridgehead atoms. The van der Waals surface area contributed by atoms with E-state index < -0.39 is 12.1 Å². The number of fused-ring (bicyclic) bond motifs is 2. The van der Waals surface area contributed by atoms with Crippen molar-refractivity contribution in [2.45, 2.75) is 70.6 Å². The Morgan fingerprint density at radius 3 is 2.74 bits per heavy atom. The summed E-state index contributed by atoms with van der Waals surface area (Å²) in [4.78, 5) is 55.8. The Bertz CT molecular complexity index is 879. The second kappa shape index (κ2) is 8.26. The number of thiophene rings is 1. The lowest BCUT2D eigenvalue weighted by Crippen LogP contribution is -2.53. The number of nitrogens with one attached hydrogen (secondary N) is 2. The van der Waals surface area contributed by atoms with Gasteiger partial charge >= 0.3 is 0 Å². The molecule has 31 heavy (non-hydrogen) atoms. The number of likely N-dealkylation sites (tertiary alicyclic amines) is 1. The molecule has 3 saturated heterocycles. The Hall–Kier alpha value is -2.42. The van der Waals surface area contributed by atoms with Crippen LogP contribution in [0.1, 0.15) is 44.9 Å². The lowest BCUT2D eigenvalue weighted by molar-refractivity contribution is -0.144. The molecule has 4 heterocycles. The fourth-order valence-corrected chi connectivity index (χ4v) is 5.53. The summed E-state index contributed by atoms with van der Waals surface area (Å²) in [5, 5.41) is 7.90. The van der Waals surface area contributed by atoms with Crippen LogP contribution in [0.4, 0.5) is 0 Å². The van der Waals surface area contributed by atoms with Crippen LogP contribution in [-0.4, -0.2) is 70.7 Å². The van der Waals surface area contributed by atoms with E-state index in [1.54, 1.807) is 9.80 Å². The molecule has 1 aromatic heterocycles. The van der Waals surface area contributed by atoms with E-state index >= 15 is 0 Å². The van der Waals surface area contributed by atoms with Crippen LogP contribution < -0.4 is 10.6 Å². The molecule has 9 heteroatoms. The Labute approximate surface area is 186 Å². The summed E-state index contributed by atoms with van der Waals surface area (Å²) >= 11 is 1.52. The van der Waals surface area contributed by atoms with Crippen molar-refractivity contribution < 1.29 is 19.2 Å². The number of hydrogen-bond acceptors (Lipinski definition) is 5. The highest BCUT2D eigenvalue weighted by Crippen LogP contribution is 2.30. The molecule has 0 aromatic carbocycles. The summed E-state index contributed by atoms with van der Waals surface area (Å²) in [5.74, 6) is -0.557. The highest BCUT2D eigenvalue weighted by molar-refractivity contribution is 7.10. The second-order valence-corrected chi connectivity index (χ2v) is 11.0. The van der Waals surface area contributed by atoms with Crippen LogP contribution in [0.2, 0.25) is 0 Å². The Kier molecular flexibility index (Phi) is 5.81. The fraction of sp³-hybridized carbons (Fsp3) is 0.636. The van der Waals surface area contributed by atoms with E-state index in [0.717, 1.165) is 4.88 Å². The van der Waals surface area contributed by atoms with Gasteiger partial charge in [-0.2, -0.15) is 0 Å². The van der Waals surface area contributed by atoms with Crippen LogP contribution in [0.15, 0.2) is 17.5 Å². The van der Waals surface area contributed by atoms with Gasteiger partial charge in [-0.05, 0) is 29.7 Å². The first-order valence-electron chi connectivity index (χ1n) is 10.8. The summed E-state index contributed by atoms with van der Waals surface area (Å²) in [6.07, 6.45) is 1.61. The third-order valence-electron chi connectivity index (χ3n) is 6.15. The van der Waals surface area contributed by atoms with Crippen LogP contribution >= 0.6 is 11.3 Å². The van der Waals surface area contributed by atoms with Gasteiger partial charge in [0.1, 0.15) is 12.1 Å². The van der Waals surface area contributed by atoms with Crippen molar-refractivity contribution in [1.29, 1.82) is 0 Å². The van der Waals surface area contributed by atoms with Gasteiger partial charge in [0.05, 0.1) is 12.5 Å². The van der Waals surface area contributed by atoms with Gasteiger partial charge in [-0.25, -0.2) is 0 Å². The van der Waals surface area contributed by atoms with Gasteiger partial charge in [0.15, 0.2) is 0 Å². The van der Waals surface area contributed by atoms with E-state index in [2.05, 4.69) is 10.6 Å². The molecule has 3 aliphatic rings. The van der Waals surface area contributed by atoms with E-state index in [0.29, 0.717) is 32.4 Å². The van der Waals surface area contributed by atoms with Crippen molar-refractivity contribution >= 4 is 35.0 Å². The topological polar surface area (TPSA) is 98.8 Å². The molecule has 0 radical (unpaired) electrons. The quantitative estimate of drug-likeness (QED) is 0.718. The standard InChI is InChI=1S/C22H30N4O4S/c1-22(2,3)11-17(27)23-13-9-16-20(29)24-15-6-7-25(19(15)21(30)26(16)12-13)18(28)10-14-5-4-8-31-14/h4-5,8,13,15-16,19H,6-7,9-12H2,1-3H3,(H,23,27)(H,24,29)/t13-,15-,16+,19-/m0/s1. The summed E-state index contributed by atoms with van der Waals surface area (Å²) < 4.78 is 0. The third kappa shape index (κ3) is 4.61. The Morgan fingerprint density at radius 1 is 1.29 bits per heavy atom. The van der Waals surface area contributed by atoms with Gasteiger partial charge in [0, 0.05) is 30.4 Å². The SMILES string of the molecule is CC(C)(C)CC(=O)N[C@H]1C[C@@H]2C(=O)N[C@H]3CCN(C(=O)Cc4cccs4)[C@@H]3C(=O)N2C1. The molecule has 0 saturated carbocycles. The number of hydrogen-bond donors (Lipinski definition) is 2. The predicted molar refractivity (Wildman–Crippen MR) is 116 cm³/mol. The molecule has 3 aliphatic heterocycles. The largest absolute Gasteiger partial charge is 0.351 e. The van der Waals surface area contributed by atoms with Gasteiger partial charge in [-0.1, -0.05) is 26.8 Å². The van der Waals surface area contributed by atoms with Crippen molar-refractivity contribution in [3.63, 3.8) is 0 Å². The van der Waals surface area contributed by atoms with Gasteiger partial charge in [0.2, 0.25) is 23.6 Å². The zero-order valence-electron chi connectivity index (χ0n) is 18.2. The smallest absolute Gasteiger partial charge is 0.248 e. The molecular weight excluding hydrogens is 416 g/mol. The molecule has 0 spiro atoms. The maximum absolute atomic E-state index is 13.5. The first-order chi connectivity index (χ1) is 14.6. The van der Waals surface area contributed by atoms with E-state index in [1.807, 2.05) is 38.3 Å². The van der Waals surface area contributed by atoms with Gasteiger partial charge < -0.3 is 20.4 Å². The summed E-state index contributed by atoms with van der Waals surface area (Å²) in [6.45, 7) is 6.73. The highest BCUT2D eigenvalue weighted by Gasteiger charge is 2.52. The number of nitrogens with zero attached hydrogens (tertiary/aromatic N) is 2. The maximum atomic E-state index is 13.5. The normalized spacial score (nSPS) is 28.1. The van der Waals surface area contributed by atoms with E-state index in [4.69, 9.17) is 0 Å². The van der Waals surface area contributed by atoms with Crippen molar-refractivity contribution in [3.05, 3.63) is 22.4 Å². The Morgan fingerprint density at radius 2 is 2.06 bits per heavy atom. The molecule has 8 nitrogen and oxygen atoms in total. The number of rotatable bonds is 4. The number of amides is 4. The zero-order valence-corrected chi connectivity index (χ0v) is 19.0. The molecule has 0 aliphatic carbocycles. The molecular formula is C22H30N4O4S. The first kappa shape index (κ1) is 21.8. The highest BCUT2D eigenvalue weighted by atomic mass is 32.1. The van der Waals surface area contributed by atoms with Crippen LogP contribution in [0.5, 0.6) is 0 Å². The van der Waals surface area contributed by atoms with Crippen LogP contribution in [-0.2, 0) is 25.6 Å². The molecule has 4 amide bonds. The minimum Gasteiger partial charge on any atom is -0.351 e. The minimum absolute atomic E-state index is 0.0745. The second-order valence-electron chi connectivity index (χ2n) is 9.94. The lowest BCUT2D eigenvalue weighted by atomic mass is 9.92. The summed E-state index contributed by atoms with van der Waals surface area (Å²) in [7, 11) is 0. The van der Waals surface area contributed by atoms with Gasteiger partial charge in [-0.3, -0.25) is 19.2 Å². The average molecular weight is 447 g/mol. The van der Waals surface area contributed by atoms with Crippen LogP contribution in [0.25, 0.3) is 0 Å². The molecule has 4 rings (SSSR count). The molecule has 4 atom stereocenters. The zero-order chi connectivity index (χ0) is 22.3. The van der Waals surface area contributed by atoms with E-state index in [-0.39, 0.29) is 47.5 Å². The van der Waals surface area contributed by atoms with Crippen LogP contribution in [0, 0.1) is 5.41 Å². The fourth-order valence-electron chi connectivity index (χ4n) is 4.83. The monoisotopic (exact) mass is 446 g/mol. The van der Waals surface area contributed by atoms with Crippen molar-refractivity contribution in [2.24, 2.45) is 5.41 Å². The number of carbonyl (C=O) groups is 4. The molecule has 168 valence electrons. The van der Waals surface area contributed by atoms with Crippen LogP contribution in [0.3, 0.4) is 0 Å².